The first-order chi connectivity index (χ1) is 15.4. The fraction of sp³-hybridized carbons (Fsp3) is 0.174. The lowest BCUT2D eigenvalue weighted by Gasteiger charge is -2.26. The second-order valence-corrected chi connectivity index (χ2v) is 8.96. The van der Waals surface area contributed by atoms with Crippen molar-refractivity contribution in [3.63, 3.8) is 0 Å². The molecule has 0 atom stereocenters. The summed E-state index contributed by atoms with van der Waals surface area (Å²) in [5.74, 6) is -0.686. The van der Waals surface area contributed by atoms with Crippen molar-refractivity contribution >= 4 is 21.6 Å². The summed E-state index contributed by atoms with van der Waals surface area (Å²) in [6, 6.07) is 18.6. The monoisotopic (exact) mass is 456 g/mol. The minimum absolute atomic E-state index is 0.0105. The molecule has 1 aliphatic heterocycles. The quantitative estimate of drug-likeness (QED) is 0.608. The molecule has 3 aromatic carbocycles. The molecule has 9 heteroatoms. The molecule has 3 aromatic rings. The van der Waals surface area contributed by atoms with Gasteiger partial charge in [0.25, 0.3) is 5.91 Å². The van der Waals surface area contributed by atoms with E-state index in [0.29, 0.717) is 19.0 Å². The molecule has 166 valence electrons. The van der Waals surface area contributed by atoms with E-state index in [0.717, 1.165) is 0 Å². The number of nitrogens with one attached hydrogen (secondary N) is 1. The molecule has 32 heavy (non-hydrogen) atoms. The number of para-hydroxylation sites is 1. The lowest BCUT2D eigenvalue weighted by atomic mass is 10.2. The zero-order chi connectivity index (χ0) is 22.6. The fourth-order valence-corrected chi connectivity index (χ4v) is 4.68. The van der Waals surface area contributed by atoms with Crippen LogP contribution in [0, 0.1) is 5.82 Å². The van der Waals surface area contributed by atoms with Crippen LogP contribution in [0.15, 0.2) is 77.7 Å². The number of hydrogen-bond donors (Lipinski definition) is 1. The average molecular weight is 456 g/mol. The summed E-state index contributed by atoms with van der Waals surface area (Å²) >= 11 is 0. The molecule has 1 aliphatic rings. The van der Waals surface area contributed by atoms with Gasteiger partial charge in [0.05, 0.1) is 29.4 Å². The van der Waals surface area contributed by atoms with Crippen LogP contribution in [0.4, 0.5) is 10.1 Å². The third-order valence-corrected chi connectivity index (χ3v) is 6.79. The zero-order valence-electron chi connectivity index (χ0n) is 17.0. The Balaban J connectivity index is 1.70. The smallest absolute Gasteiger partial charge is 0.258 e. The number of amides is 1. The van der Waals surface area contributed by atoms with Crippen molar-refractivity contribution in [1.82, 2.24) is 4.31 Å². The van der Waals surface area contributed by atoms with Crippen LogP contribution in [0.25, 0.3) is 0 Å². The van der Waals surface area contributed by atoms with Crippen LogP contribution in [-0.2, 0) is 14.8 Å². The second-order valence-electron chi connectivity index (χ2n) is 7.02. The molecule has 1 fully saturated rings. The van der Waals surface area contributed by atoms with Gasteiger partial charge in [-0.3, -0.25) is 4.79 Å². The van der Waals surface area contributed by atoms with E-state index < -0.39 is 21.7 Å². The number of carbonyl (C=O) groups is 1. The largest absolute Gasteiger partial charge is 0.455 e. The Morgan fingerprint density at radius 1 is 0.969 bits per heavy atom. The highest BCUT2D eigenvalue weighted by molar-refractivity contribution is 7.89. The Hall–Kier alpha value is -3.27. The van der Waals surface area contributed by atoms with E-state index >= 15 is 0 Å². The first-order valence-electron chi connectivity index (χ1n) is 9.96. The Morgan fingerprint density at radius 3 is 2.38 bits per heavy atom. The summed E-state index contributed by atoms with van der Waals surface area (Å²) < 4.78 is 52.7. The molecule has 7 nitrogen and oxygen atoms in total. The van der Waals surface area contributed by atoms with E-state index in [1.165, 1.54) is 40.7 Å². The topological polar surface area (TPSA) is 84.9 Å². The summed E-state index contributed by atoms with van der Waals surface area (Å²) in [6.45, 7) is 1.10. The SMILES string of the molecule is O=C(Nc1cc(S(=O)(=O)N2CCOCC2)ccc1Oc1ccccc1)c1ccccc1F. The molecular formula is C23H21FN2O5S. The van der Waals surface area contributed by atoms with E-state index in [9.17, 15) is 17.6 Å². The van der Waals surface area contributed by atoms with Gasteiger partial charge in [-0.2, -0.15) is 4.31 Å². The van der Waals surface area contributed by atoms with Crippen LogP contribution in [0.1, 0.15) is 10.4 Å². The summed E-state index contributed by atoms with van der Waals surface area (Å²) in [4.78, 5) is 12.7. The van der Waals surface area contributed by atoms with Crippen molar-refractivity contribution in [1.29, 1.82) is 0 Å². The van der Waals surface area contributed by atoms with E-state index in [1.807, 2.05) is 6.07 Å². The third kappa shape index (κ3) is 4.80. The molecule has 0 bridgehead atoms. The second kappa shape index (κ2) is 9.47. The molecule has 4 rings (SSSR count). The van der Waals surface area contributed by atoms with Crippen molar-refractivity contribution in [2.75, 3.05) is 31.6 Å². The molecule has 0 saturated carbocycles. The number of rotatable bonds is 6. The molecular weight excluding hydrogens is 435 g/mol. The van der Waals surface area contributed by atoms with Crippen molar-refractivity contribution in [2.45, 2.75) is 4.90 Å². The van der Waals surface area contributed by atoms with Crippen LogP contribution in [0.3, 0.4) is 0 Å². The third-order valence-electron chi connectivity index (χ3n) is 4.90. The van der Waals surface area contributed by atoms with Crippen LogP contribution in [-0.4, -0.2) is 44.9 Å². The normalized spacial score (nSPS) is 14.7. The molecule has 1 saturated heterocycles. The van der Waals surface area contributed by atoms with Crippen LogP contribution >= 0.6 is 0 Å². The predicted octanol–water partition coefficient (Wildman–Crippen LogP) is 3.89. The highest BCUT2D eigenvalue weighted by Gasteiger charge is 2.27. The Kier molecular flexibility index (Phi) is 6.50. The summed E-state index contributed by atoms with van der Waals surface area (Å²) in [5.41, 5.74) is -0.0592. The van der Waals surface area contributed by atoms with E-state index in [2.05, 4.69) is 5.32 Å². The van der Waals surface area contributed by atoms with Crippen LogP contribution in [0.2, 0.25) is 0 Å². The number of benzene rings is 3. The van der Waals surface area contributed by atoms with Gasteiger partial charge >= 0.3 is 0 Å². The summed E-state index contributed by atoms with van der Waals surface area (Å²) in [6.07, 6.45) is 0. The number of nitrogens with zero attached hydrogens (tertiary/aromatic N) is 1. The van der Waals surface area contributed by atoms with Crippen molar-refractivity contribution in [3.05, 3.63) is 84.2 Å². The van der Waals surface area contributed by atoms with Gasteiger partial charge in [-0.05, 0) is 42.5 Å². The molecule has 1 N–H and O–H groups in total. The lowest BCUT2D eigenvalue weighted by molar-refractivity contribution is 0.0730. The number of ether oxygens (including phenoxy) is 2. The van der Waals surface area contributed by atoms with Crippen molar-refractivity contribution in [3.8, 4) is 11.5 Å². The Bertz CT molecular complexity index is 1210. The summed E-state index contributed by atoms with van der Waals surface area (Å²) in [7, 11) is -3.81. The number of hydrogen-bond acceptors (Lipinski definition) is 5. The van der Waals surface area contributed by atoms with Gasteiger partial charge in [0.2, 0.25) is 10.0 Å². The van der Waals surface area contributed by atoms with E-state index in [-0.39, 0.29) is 35.0 Å². The molecule has 0 spiro atoms. The highest BCUT2D eigenvalue weighted by atomic mass is 32.2. The van der Waals surface area contributed by atoms with E-state index in [4.69, 9.17) is 9.47 Å². The molecule has 0 radical (unpaired) electrons. The van der Waals surface area contributed by atoms with Gasteiger partial charge in [-0.25, -0.2) is 12.8 Å². The standard InChI is InChI=1S/C23H21FN2O5S/c24-20-9-5-4-8-19(20)23(27)25-21-16-18(32(28,29)26-12-14-30-15-13-26)10-11-22(21)31-17-6-2-1-3-7-17/h1-11,16H,12-15H2,(H,25,27). The van der Waals surface area contributed by atoms with Gasteiger partial charge < -0.3 is 14.8 Å². The predicted molar refractivity (Wildman–Crippen MR) is 117 cm³/mol. The van der Waals surface area contributed by atoms with Gasteiger partial charge in [0.1, 0.15) is 11.6 Å². The number of sulfonamides is 1. The number of anilines is 1. The zero-order valence-corrected chi connectivity index (χ0v) is 17.8. The summed E-state index contributed by atoms with van der Waals surface area (Å²) in [5, 5.41) is 2.59. The minimum Gasteiger partial charge on any atom is -0.455 e. The fourth-order valence-electron chi connectivity index (χ4n) is 3.24. The van der Waals surface area contributed by atoms with E-state index in [1.54, 1.807) is 30.3 Å². The number of carbonyl (C=O) groups excluding carboxylic acids is 1. The first kappa shape index (κ1) is 21.9. The number of halogens is 1. The maximum atomic E-state index is 14.1. The first-order valence-corrected chi connectivity index (χ1v) is 11.4. The molecule has 1 heterocycles. The minimum atomic E-state index is -3.81. The molecule has 0 aromatic heterocycles. The molecule has 0 unspecified atom stereocenters. The maximum absolute atomic E-state index is 14.1. The maximum Gasteiger partial charge on any atom is 0.258 e. The highest BCUT2D eigenvalue weighted by Crippen LogP contribution is 2.33. The van der Waals surface area contributed by atoms with Crippen molar-refractivity contribution < 1.29 is 27.1 Å². The van der Waals surface area contributed by atoms with Gasteiger partial charge in [0, 0.05) is 13.1 Å². The lowest BCUT2D eigenvalue weighted by Crippen LogP contribution is -2.40. The van der Waals surface area contributed by atoms with Crippen molar-refractivity contribution in [2.24, 2.45) is 0 Å². The molecule has 0 aliphatic carbocycles. The number of morpholine rings is 1. The van der Waals surface area contributed by atoms with Gasteiger partial charge in [-0.15, -0.1) is 0 Å². The Labute approximate surface area is 185 Å². The Morgan fingerprint density at radius 2 is 1.66 bits per heavy atom. The van der Waals surface area contributed by atoms with Crippen LogP contribution in [0.5, 0.6) is 11.5 Å². The van der Waals surface area contributed by atoms with Crippen LogP contribution < -0.4 is 10.1 Å². The average Bonchev–Trinajstić information content (AvgIpc) is 2.81. The molecule has 1 amide bonds. The van der Waals surface area contributed by atoms with Gasteiger partial charge in [-0.1, -0.05) is 30.3 Å². The van der Waals surface area contributed by atoms with Gasteiger partial charge in [0.15, 0.2) is 5.75 Å².